The molecule has 0 atom stereocenters. The zero-order valence-corrected chi connectivity index (χ0v) is 17.1. The molecule has 0 unspecified atom stereocenters. The molecule has 1 fully saturated rings. The van der Waals surface area contributed by atoms with Crippen molar-refractivity contribution in [1.82, 2.24) is 5.32 Å². The van der Waals surface area contributed by atoms with E-state index in [4.69, 9.17) is 4.74 Å². The van der Waals surface area contributed by atoms with Gasteiger partial charge < -0.3 is 10.1 Å². The minimum atomic E-state index is -0.447. The molecule has 24 heavy (non-hydrogen) atoms. The predicted molar refractivity (Wildman–Crippen MR) is 105 cm³/mol. The van der Waals surface area contributed by atoms with Crippen molar-refractivity contribution in [2.45, 2.75) is 77.2 Å². The molecule has 1 aliphatic rings. The Morgan fingerprint density at radius 3 is 2.42 bits per heavy atom. The van der Waals surface area contributed by atoms with E-state index in [0.717, 1.165) is 50.2 Å². The Balaban J connectivity index is 2.63. The number of amides is 1. The lowest BCUT2D eigenvalue weighted by Gasteiger charge is -2.31. The Morgan fingerprint density at radius 2 is 1.88 bits per heavy atom. The van der Waals surface area contributed by atoms with Gasteiger partial charge in [0.2, 0.25) is 5.91 Å². The minimum Gasteiger partial charge on any atom is -0.381 e. The summed E-state index contributed by atoms with van der Waals surface area (Å²) in [5, 5.41) is 3.57. The number of nitrogens with one attached hydrogen (secondary N) is 1. The lowest BCUT2D eigenvalue weighted by molar-refractivity contribution is -0.121. The molecule has 0 aromatic heterocycles. The smallest absolute Gasteiger partial charge is 0.239 e. The maximum Gasteiger partial charge on any atom is 0.239 e. The second kappa shape index (κ2) is 9.10. The molecule has 1 amide bonds. The molecule has 138 valence electrons. The zero-order valence-electron chi connectivity index (χ0n) is 16.3. The fourth-order valence-electron chi connectivity index (χ4n) is 2.87. The van der Waals surface area contributed by atoms with Crippen molar-refractivity contribution in [3.05, 3.63) is 23.9 Å². The SMILES string of the molecule is C=C(/C=C(\C)NC(=O)C(C)(C)SC1CCOCC1)C(C)(C)CCC. The normalized spacial score (nSPS) is 17.7. The van der Waals surface area contributed by atoms with E-state index in [9.17, 15) is 4.79 Å². The molecule has 1 N–H and O–H groups in total. The highest BCUT2D eigenvalue weighted by atomic mass is 32.2. The average Bonchev–Trinajstić information content (AvgIpc) is 2.47. The molecule has 1 rings (SSSR count). The molecule has 0 spiro atoms. The lowest BCUT2D eigenvalue weighted by atomic mass is 9.80. The van der Waals surface area contributed by atoms with Crippen molar-refractivity contribution in [3.63, 3.8) is 0 Å². The molecular formula is C20H35NO2S. The highest BCUT2D eigenvalue weighted by Gasteiger charge is 2.32. The number of carbonyl (C=O) groups excluding carboxylic acids is 1. The van der Waals surface area contributed by atoms with Crippen molar-refractivity contribution in [1.29, 1.82) is 0 Å². The Bertz CT molecular complexity index is 474. The number of hydrogen-bond acceptors (Lipinski definition) is 3. The van der Waals surface area contributed by atoms with Crippen molar-refractivity contribution in [3.8, 4) is 0 Å². The van der Waals surface area contributed by atoms with E-state index in [2.05, 4.69) is 32.7 Å². The van der Waals surface area contributed by atoms with Gasteiger partial charge in [-0.25, -0.2) is 0 Å². The molecular weight excluding hydrogens is 318 g/mol. The third-order valence-corrected chi connectivity index (χ3v) is 6.20. The third kappa shape index (κ3) is 6.64. The van der Waals surface area contributed by atoms with Crippen LogP contribution < -0.4 is 5.32 Å². The van der Waals surface area contributed by atoms with Gasteiger partial charge in [-0.2, -0.15) is 0 Å². The Kier molecular flexibility index (Phi) is 8.07. The number of allylic oxidation sites excluding steroid dienone is 3. The van der Waals surface area contributed by atoms with Crippen LogP contribution in [0.5, 0.6) is 0 Å². The minimum absolute atomic E-state index is 0.0626. The molecule has 0 aromatic rings. The van der Waals surface area contributed by atoms with Crippen LogP contribution in [-0.4, -0.2) is 29.1 Å². The van der Waals surface area contributed by atoms with Crippen molar-refractivity contribution in [2.24, 2.45) is 5.41 Å². The Morgan fingerprint density at radius 1 is 1.29 bits per heavy atom. The van der Waals surface area contributed by atoms with Crippen LogP contribution in [0.2, 0.25) is 0 Å². The summed E-state index contributed by atoms with van der Waals surface area (Å²) in [5.41, 5.74) is 2.00. The molecule has 0 bridgehead atoms. The van der Waals surface area contributed by atoms with Gasteiger partial charge in [-0.05, 0) is 57.1 Å². The van der Waals surface area contributed by atoms with Gasteiger partial charge in [0.25, 0.3) is 0 Å². The molecule has 4 heteroatoms. The molecule has 0 aliphatic carbocycles. The van der Waals surface area contributed by atoms with Crippen molar-refractivity contribution >= 4 is 17.7 Å². The van der Waals surface area contributed by atoms with E-state index in [1.807, 2.05) is 26.8 Å². The van der Waals surface area contributed by atoms with Crippen LogP contribution in [0.25, 0.3) is 0 Å². The quantitative estimate of drug-likeness (QED) is 0.618. The maximum atomic E-state index is 12.7. The topological polar surface area (TPSA) is 38.3 Å². The summed E-state index contributed by atoms with van der Waals surface area (Å²) >= 11 is 1.76. The summed E-state index contributed by atoms with van der Waals surface area (Å²) in [5.74, 6) is 0.0637. The van der Waals surface area contributed by atoms with Gasteiger partial charge in [0, 0.05) is 24.2 Å². The summed E-state index contributed by atoms with van der Waals surface area (Å²) in [6.07, 6.45) is 6.29. The van der Waals surface area contributed by atoms with Crippen LogP contribution in [0.15, 0.2) is 23.9 Å². The number of rotatable bonds is 8. The van der Waals surface area contributed by atoms with Gasteiger partial charge in [0.15, 0.2) is 0 Å². The summed E-state index contributed by atoms with van der Waals surface area (Å²) in [6.45, 7) is 18.4. The van der Waals surface area contributed by atoms with E-state index in [1.165, 1.54) is 0 Å². The van der Waals surface area contributed by atoms with E-state index in [-0.39, 0.29) is 11.3 Å². The first-order chi connectivity index (χ1) is 11.1. The van der Waals surface area contributed by atoms with E-state index in [0.29, 0.717) is 5.25 Å². The second-order valence-corrected chi connectivity index (χ2v) is 9.80. The van der Waals surface area contributed by atoms with Crippen molar-refractivity contribution in [2.75, 3.05) is 13.2 Å². The highest BCUT2D eigenvalue weighted by molar-refractivity contribution is 8.01. The van der Waals surface area contributed by atoms with Gasteiger partial charge in [-0.1, -0.05) is 33.8 Å². The first-order valence-electron chi connectivity index (χ1n) is 9.03. The largest absolute Gasteiger partial charge is 0.381 e. The number of thioether (sulfide) groups is 1. The highest BCUT2D eigenvalue weighted by Crippen LogP contribution is 2.35. The van der Waals surface area contributed by atoms with Crippen LogP contribution in [0.1, 0.15) is 67.2 Å². The standard InChI is InChI=1S/C20H35NO2S/c1-8-11-19(4,5)15(2)14-16(3)21-18(22)20(6,7)24-17-9-12-23-13-10-17/h14,17H,2,8-13H2,1,3-7H3,(H,21,22)/b16-14+. The maximum absolute atomic E-state index is 12.7. The van der Waals surface area contributed by atoms with E-state index in [1.54, 1.807) is 11.8 Å². The van der Waals surface area contributed by atoms with Crippen LogP contribution in [0.4, 0.5) is 0 Å². The summed E-state index contributed by atoms with van der Waals surface area (Å²) in [7, 11) is 0. The second-order valence-electron chi connectivity index (χ2n) is 7.88. The monoisotopic (exact) mass is 353 g/mol. The molecule has 0 radical (unpaired) electrons. The summed E-state index contributed by atoms with van der Waals surface area (Å²) in [4.78, 5) is 12.7. The van der Waals surface area contributed by atoms with Crippen molar-refractivity contribution < 1.29 is 9.53 Å². The first kappa shape index (κ1) is 21.3. The van der Waals surface area contributed by atoms with Crippen LogP contribution in [0, 0.1) is 5.41 Å². The fourth-order valence-corrected chi connectivity index (χ4v) is 4.29. The Labute approximate surface area is 152 Å². The molecule has 1 saturated heterocycles. The number of ether oxygens (including phenoxy) is 1. The van der Waals surface area contributed by atoms with E-state index >= 15 is 0 Å². The van der Waals surface area contributed by atoms with Gasteiger partial charge in [0.1, 0.15) is 0 Å². The fraction of sp³-hybridized carbons (Fsp3) is 0.750. The Hall–Kier alpha value is -0.740. The van der Waals surface area contributed by atoms with Gasteiger partial charge in [-0.15, -0.1) is 11.8 Å². The van der Waals surface area contributed by atoms with Gasteiger partial charge in [-0.3, -0.25) is 4.79 Å². The number of hydrogen-bond donors (Lipinski definition) is 1. The molecule has 1 aliphatic heterocycles. The zero-order chi connectivity index (χ0) is 18.4. The van der Waals surface area contributed by atoms with Crippen LogP contribution in [-0.2, 0) is 9.53 Å². The third-order valence-electron chi connectivity index (χ3n) is 4.62. The summed E-state index contributed by atoms with van der Waals surface area (Å²) < 4.78 is 4.95. The predicted octanol–water partition coefficient (Wildman–Crippen LogP) is 5.08. The van der Waals surface area contributed by atoms with E-state index < -0.39 is 4.75 Å². The van der Waals surface area contributed by atoms with Gasteiger partial charge >= 0.3 is 0 Å². The lowest BCUT2D eigenvalue weighted by Crippen LogP contribution is -2.41. The molecule has 3 nitrogen and oxygen atoms in total. The molecule has 0 aromatic carbocycles. The first-order valence-corrected chi connectivity index (χ1v) is 9.91. The summed E-state index contributed by atoms with van der Waals surface area (Å²) in [6, 6.07) is 0. The molecule has 0 saturated carbocycles. The van der Waals surface area contributed by atoms with Crippen LogP contribution in [0.3, 0.4) is 0 Å². The van der Waals surface area contributed by atoms with Crippen LogP contribution >= 0.6 is 11.8 Å². The molecule has 1 heterocycles. The number of carbonyl (C=O) groups is 1. The van der Waals surface area contributed by atoms with Gasteiger partial charge in [0.05, 0.1) is 4.75 Å². The average molecular weight is 354 g/mol.